The molecule has 0 spiro atoms. The molecule has 3 heterocycles. The minimum Gasteiger partial charge on any atom is -0.383 e. The number of pyridine rings is 1. The van der Waals surface area contributed by atoms with Crippen molar-refractivity contribution in [3.8, 4) is 11.1 Å². The second kappa shape index (κ2) is 8.75. The Morgan fingerprint density at radius 2 is 1.62 bits per heavy atom. The van der Waals surface area contributed by atoms with Gasteiger partial charge in [0.1, 0.15) is 12.1 Å². The average Bonchev–Trinajstić information content (AvgIpc) is 3.17. The first-order valence-electron chi connectivity index (χ1n) is 11.0. The molecule has 5 rings (SSSR count). The molecule has 0 amide bonds. The Bertz CT molecular complexity index is 1400. The van der Waals surface area contributed by atoms with Gasteiger partial charge in [-0.25, -0.2) is 19.6 Å². The van der Waals surface area contributed by atoms with Crippen LogP contribution in [0.5, 0.6) is 0 Å². The molecule has 0 aliphatic rings. The second-order valence-electron chi connectivity index (χ2n) is 7.59. The van der Waals surface area contributed by atoms with Gasteiger partial charge in [0.05, 0.1) is 28.3 Å². The third-order valence-corrected chi connectivity index (χ3v) is 5.64. The van der Waals surface area contributed by atoms with E-state index in [4.69, 9.17) is 15.8 Å². The van der Waals surface area contributed by atoms with Crippen LogP contribution in [0, 0.1) is 13.8 Å². The lowest BCUT2D eigenvalue weighted by molar-refractivity contribution is 0.564. The zero-order chi connectivity index (χ0) is 22.8. The van der Waals surface area contributed by atoms with Gasteiger partial charge in [-0.1, -0.05) is 56.3 Å². The number of nitrogen functional groups attached to an aromatic ring is 1. The topological polar surface area (TPSA) is 82.5 Å². The van der Waals surface area contributed by atoms with Crippen LogP contribution in [0.4, 0.5) is 5.82 Å². The molecule has 5 aromatic rings. The van der Waals surface area contributed by atoms with Crippen LogP contribution in [0.2, 0.25) is 0 Å². The highest BCUT2D eigenvalue weighted by Crippen LogP contribution is 2.35. The Labute approximate surface area is 188 Å². The molecule has 0 aliphatic carbocycles. The quantitative estimate of drug-likeness (QED) is 0.391. The van der Waals surface area contributed by atoms with E-state index in [1.807, 2.05) is 43.7 Å². The summed E-state index contributed by atoms with van der Waals surface area (Å²) in [6, 6.07) is 18.7. The third kappa shape index (κ3) is 3.58. The lowest BCUT2D eigenvalue weighted by Crippen LogP contribution is -2.13. The molecular weight excluding hydrogens is 396 g/mol. The second-order valence-corrected chi connectivity index (χ2v) is 7.59. The summed E-state index contributed by atoms with van der Waals surface area (Å²) < 4.78 is 1.90. The number of anilines is 1. The summed E-state index contributed by atoms with van der Waals surface area (Å²) in [6.07, 6.45) is 1.48. The van der Waals surface area contributed by atoms with Crippen molar-refractivity contribution in [1.82, 2.24) is 24.7 Å². The van der Waals surface area contributed by atoms with E-state index in [0.717, 1.165) is 38.9 Å². The summed E-state index contributed by atoms with van der Waals surface area (Å²) in [7, 11) is 0. The summed E-state index contributed by atoms with van der Waals surface area (Å²) >= 11 is 0. The molecular formula is C26H28N6. The van der Waals surface area contributed by atoms with Gasteiger partial charge in [0.2, 0.25) is 0 Å². The lowest BCUT2D eigenvalue weighted by Gasteiger charge is -2.19. The van der Waals surface area contributed by atoms with Crippen molar-refractivity contribution < 1.29 is 0 Å². The predicted octanol–water partition coefficient (Wildman–Crippen LogP) is 5.88. The normalized spacial score (nSPS) is 11.9. The van der Waals surface area contributed by atoms with Crippen molar-refractivity contribution >= 4 is 27.8 Å². The van der Waals surface area contributed by atoms with Gasteiger partial charge in [-0.05, 0) is 44.0 Å². The number of para-hydroxylation sites is 1. The fraction of sp³-hybridized carbons (Fsp3) is 0.231. The van der Waals surface area contributed by atoms with E-state index in [1.54, 1.807) is 0 Å². The molecule has 3 aromatic heterocycles. The largest absolute Gasteiger partial charge is 0.383 e. The first-order chi connectivity index (χ1) is 15.5. The molecule has 0 aliphatic heterocycles. The van der Waals surface area contributed by atoms with E-state index >= 15 is 0 Å². The van der Waals surface area contributed by atoms with Gasteiger partial charge in [-0.15, -0.1) is 0 Å². The first kappa shape index (κ1) is 21.4. The maximum Gasteiger partial charge on any atom is 0.164 e. The molecule has 1 atom stereocenters. The summed E-state index contributed by atoms with van der Waals surface area (Å²) in [5.74, 6) is 0.446. The Morgan fingerprint density at radius 1 is 0.906 bits per heavy atom. The molecule has 32 heavy (non-hydrogen) atoms. The van der Waals surface area contributed by atoms with Crippen LogP contribution in [0.1, 0.15) is 43.8 Å². The fourth-order valence-corrected chi connectivity index (χ4v) is 4.10. The lowest BCUT2D eigenvalue weighted by atomic mass is 9.95. The van der Waals surface area contributed by atoms with E-state index in [-0.39, 0.29) is 6.04 Å². The van der Waals surface area contributed by atoms with Gasteiger partial charge in [0.15, 0.2) is 5.65 Å². The molecule has 0 saturated carbocycles. The molecule has 0 radical (unpaired) electrons. The van der Waals surface area contributed by atoms with Crippen LogP contribution >= 0.6 is 0 Å². The zero-order valence-corrected chi connectivity index (χ0v) is 19.2. The zero-order valence-electron chi connectivity index (χ0n) is 19.2. The number of hydrogen-bond donors (Lipinski definition) is 1. The Morgan fingerprint density at radius 3 is 2.41 bits per heavy atom. The molecule has 162 valence electrons. The Kier molecular flexibility index (Phi) is 5.86. The van der Waals surface area contributed by atoms with Crippen LogP contribution in [0.3, 0.4) is 0 Å². The molecule has 6 nitrogen and oxygen atoms in total. The number of aromatic nitrogens is 5. The van der Waals surface area contributed by atoms with Crippen molar-refractivity contribution in [2.75, 3.05) is 5.73 Å². The Balaban J connectivity index is 0.00000119. The van der Waals surface area contributed by atoms with Crippen molar-refractivity contribution in [2.24, 2.45) is 0 Å². The number of aryl methyl sites for hydroxylation is 2. The highest BCUT2D eigenvalue weighted by Gasteiger charge is 2.22. The van der Waals surface area contributed by atoms with Crippen LogP contribution in [-0.4, -0.2) is 24.7 Å². The summed E-state index contributed by atoms with van der Waals surface area (Å²) in [4.78, 5) is 13.7. The average molecular weight is 425 g/mol. The van der Waals surface area contributed by atoms with Crippen molar-refractivity contribution in [2.45, 2.75) is 40.7 Å². The van der Waals surface area contributed by atoms with E-state index in [1.165, 1.54) is 17.5 Å². The van der Waals surface area contributed by atoms with E-state index < -0.39 is 0 Å². The molecule has 0 bridgehead atoms. The molecule has 1 unspecified atom stereocenters. The molecule has 2 aromatic carbocycles. The summed E-state index contributed by atoms with van der Waals surface area (Å²) in [5.41, 5.74) is 13.0. The van der Waals surface area contributed by atoms with Crippen LogP contribution in [0.15, 0.2) is 60.9 Å². The fourth-order valence-electron chi connectivity index (χ4n) is 4.10. The van der Waals surface area contributed by atoms with Gasteiger partial charge in [0, 0.05) is 10.9 Å². The number of hydrogen-bond acceptors (Lipinski definition) is 5. The van der Waals surface area contributed by atoms with Gasteiger partial charge in [-0.2, -0.15) is 5.10 Å². The standard InChI is InChI=1S/C24H22N6.C2H6/c1-14-8-4-6-10-18(14)19-12-17-9-5-7-11-20(17)28-22(19)16(3)30-24-21(15(2)29-30)23(25)26-13-27-24;1-2/h4-13,16H,1-3H3,(H2,25,26,27);1-2H3. The highest BCUT2D eigenvalue weighted by molar-refractivity contribution is 5.89. The number of nitrogens with two attached hydrogens (primary N) is 1. The van der Waals surface area contributed by atoms with Crippen molar-refractivity contribution in [1.29, 1.82) is 0 Å². The first-order valence-corrected chi connectivity index (χ1v) is 11.0. The van der Waals surface area contributed by atoms with E-state index in [2.05, 4.69) is 60.2 Å². The maximum atomic E-state index is 6.10. The monoisotopic (exact) mass is 424 g/mol. The SMILES string of the molecule is CC.Cc1ccccc1-c1cc2ccccc2nc1C(C)n1nc(C)c2c(N)ncnc21. The number of rotatable bonds is 3. The number of benzene rings is 2. The number of fused-ring (bicyclic) bond motifs is 2. The Hall–Kier alpha value is -3.80. The minimum absolute atomic E-state index is 0.144. The van der Waals surface area contributed by atoms with Crippen LogP contribution < -0.4 is 5.73 Å². The minimum atomic E-state index is -0.144. The summed E-state index contributed by atoms with van der Waals surface area (Å²) in [5, 5.41) is 6.66. The van der Waals surface area contributed by atoms with Crippen molar-refractivity contribution in [3.05, 3.63) is 77.9 Å². The smallest absolute Gasteiger partial charge is 0.164 e. The van der Waals surface area contributed by atoms with Crippen LogP contribution in [0.25, 0.3) is 33.1 Å². The third-order valence-electron chi connectivity index (χ3n) is 5.64. The summed E-state index contributed by atoms with van der Waals surface area (Å²) in [6.45, 7) is 10.2. The molecule has 6 heteroatoms. The molecule has 0 fully saturated rings. The van der Waals surface area contributed by atoms with Crippen LogP contribution in [-0.2, 0) is 0 Å². The van der Waals surface area contributed by atoms with Gasteiger partial charge >= 0.3 is 0 Å². The van der Waals surface area contributed by atoms with Gasteiger partial charge in [0.25, 0.3) is 0 Å². The molecule has 2 N–H and O–H groups in total. The number of nitrogens with zero attached hydrogens (tertiary/aromatic N) is 5. The predicted molar refractivity (Wildman–Crippen MR) is 132 cm³/mol. The van der Waals surface area contributed by atoms with E-state index in [9.17, 15) is 0 Å². The van der Waals surface area contributed by atoms with Gasteiger partial charge in [-0.3, -0.25) is 0 Å². The van der Waals surface area contributed by atoms with Crippen molar-refractivity contribution in [3.63, 3.8) is 0 Å². The highest BCUT2D eigenvalue weighted by atomic mass is 15.3. The maximum absolute atomic E-state index is 6.10. The van der Waals surface area contributed by atoms with E-state index in [0.29, 0.717) is 5.82 Å². The molecule has 0 saturated heterocycles. The van der Waals surface area contributed by atoms with Gasteiger partial charge < -0.3 is 5.73 Å².